The number of amides is 1. The van der Waals surface area contributed by atoms with Crippen molar-refractivity contribution in [1.82, 2.24) is 4.98 Å². The number of carbonyl (C=O) groups is 3. The second-order valence-corrected chi connectivity index (χ2v) is 8.80. The number of nitrogens with one attached hydrogen (secondary N) is 2. The standard InChI is InChI=1S/C28H24N2O5/c1-16(31)35-15-17-6-5-9-19(10-17)25-14-22-24(28(33)34)11-20(12-26(22)30-25)29-27(32)23-13-21(23)18-7-3-2-4-8-18/h2-12,14,21,23,30H,13,15H2,1H3,(H,29,32)(H,33,34). The molecule has 1 aliphatic rings. The van der Waals surface area contributed by atoms with E-state index in [1.807, 2.05) is 54.6 Å². The summed E-state index contributed by atoms with van der Waals surface area (Å²) < 4.78 is 5.07. The molecule has 1 aliphatic carbocycles. The number of esters is 1. The van der Waals surface area contributed by atoms with Crippen LogP contribution in [0.1, 0.15) is 40.7 Å². The van der Waals surface area contributed by atoms with Gasteiger partial charge in [-0.2, -0.15) is 0 Å². The molecule has 0 spiro atoms. The summed E-state index contributed by atoms with van der Waals surface area (Å²) in [7, 11) is 0. The summed E-state index contributed by atoms with van der Waals surface area (Å²) in [5.74, 6) is -1.48. The number of carboxylic acids is 1. The SMILES string of the molecule is CC(=O)OCc1cccc(-c2cc3c(C(=O)O)cc(NC(=O)C4CC4c4ccccc4)cc3[nH]2)c1. The first-order valence-corrected chi connectivity index (χ1v) is 11.4. The molecule has 1 amide bonds. The molecule has 1 heterocycles. The molecule has 1 aromatic heterocycles. The number of aromatic carboxylic acids is 1. The molecule has 4 aromatic rings. The Morgan fingerprint density at radius 3 is 2.57 bits per heavy atom. The fourth-order valence-corrected chi connectivity index (χ4v) is 4.44. The average Bonchev–Trinajstić information content (AvgIpc) is 3.55. The van der Waals surface area contributed by atoms with Crippen LogP contribution in [0.3, 0.4) is 0 Å². The van der Waals surface area contributed by atoms with Gasteiger partial charge in [-0.25, -0.2) is 4.79 Å². The third-order valence-corrected chi connectivity index (χ3v) is 6.27. The first kappa shape index (κ1) is 22.4. The van der Waals surface area contributed by atoms with Crippen LogP contribution in [-0.4, -0.2) is 27.9 Å². The number of rotatable bonds is 7. The summed E-state index contributed by atoms with van der Waals surface area (Å²) in [4.78, 5) is 39.2. The number of hydrogen-bond donors (Lipinski definition) is 3. The second-order valence-electron chi connectivity index (χ2n) is 8.80. The molecular formula is C28H24N2O5. The molecule has 5 rings (SSSR count). The maximum atomic E-state index is 12.8. The van der Waals surface area contributed by atoms with E-state index in [0.29, 0.717) is 16.6 Å². The minimum atomic E-state index is -1.08. The molecule has 0 bridgehead atoms. The van der Waals surface area contributed by atoms with Gasteiger partial charge in [0.15, 0.2) is 0 Å². The van der Waals surface area contributed by atoms with Crippen molar-refractivity contribution in [2.45, 2.75) is 25.9 Å². The number of aromatic nitrogens is 1. The number of H-pyrrole nitrogens is 1. The van der Waals surface area contributed by atoms with E-state index in [4.69, 9.17) is 4.74 Å². The van der Waals surface area contributed by atoms with Crippen molar-refractivity contribution in [3.63, 3.8) is 0 Å². The van der Waals surface area contributed by atoms with E-state index in [9.17, 15) is 19.5 Å². The van der Waals surface area contributed by atoms with E-state index in [2.05, 4.69) is 10.3 Å². The Morgan fingerprint density at radius 2 is 1.83 bits per heavy atom. The summed E-state index contributed by atoms with van der Waals surface area (Å²) in [6, 6.07) is 22.4. The van der Waals surface area contributed by atoms with Crippen LogP contribution in [-0.2, 0) is 20.9 Å². The zero-order valence-corrected chi connectivity index (χ0v) is 19.1. The number of ether oxygens (including phenoxy) is 1. The molecule has 0 radical (unpaired) electrons. The smallest absolute Gasteiger partial charge is 0.336 e. The van der Waals surface area contributed by atoms with Crippen molar-refractivity contribution in [3.05, 3.63) is 89.5 Å². The molecule has 7 heteroatoms. The summed E-state index contributed by atoms with van der Waals surface area (Å²) in [5.41, 5.74) is 4.66. The van der Waals surface area contributed by atoms with E-state index in [-0.39, 0.29) is 35.9 Å². The molecule has 1 saturated carbocycles. The van der Waals surface area contributed by atoms with Gasteiger partial charge in [0.25, 0.3) is 0 Å². The summed E-state index contributed by atoms with van der Waals surface area (Å²) >= 11 is 0. The Kier molecular flexibility index (Phi) is 5.82. The van der Waals surface area contributed by atoms with E-state index in [1.165, 1.54) is 13.0 Å². The van der Waals surface area contributed by atoms with Crippen LogP contribution < -0.4 is 5.32 Å². The molecule has 0 saturated heterocycles. The van der Waals surface area contributed by atoms with Gasteiger partial charge >= 0.3 is 11.9 Å². The molecule has 0 aliphatic heterocycles. The third-order valence-electron chi connectivity index (χ3n) is 6.27. The lowest BCUT2D eigenvalue weighted by Gasteiger charge is -2.07. The molecular weight excluding hydrogens is 444 g/mol. The molecule has 3 aromatic carbocycles. The van der Waals surface area contributed by atoms with Crippen LogP contribution in [0.25, 0.3) is 22.2 Å². The van der Waals surface area contributed by atoms with Gasteiger partial charge in [0, 0.05) is 35.1 Å². The number of carbonyl (C=O) groups excluding carboxylic acids is 2. The zero-order chi connectivity index (χ0) is 24.5. The summed E-state index contributed by atoms with van der Waals surface area (Å²) in [6.45, 7) is 1.52. The average molecular weight is 469 g/mol. The van der Waals surface area contributed by atoms with Crippen molar-refractivity contribution < 1.29 is 24.2 Å². The van der Waals surface area contributed by atoms with Crippen molar-refractivity contribution in [2.24, 2.45) is 5.92 Å². The van der Waals surface area contributed by atoms with Gasteiger partial charge in [-0.05, 0) is 53.3 Å². The molecule has 2 unspecified atom stereocenters. The van der Waals surface area contributed by atoms with E-state index in [1.54, 1.807) is 12.1 Å². The van der Waals surface area contributed by atoms with Crippen LogP contribution >= 0.6 is 0 Å². The lowest BCUT2D eigenvalue weighted by atomic mass is 10.1. The first-order chi connectivity index (χ1) is 16.9. The summed E-state index contributed by atoms with van der Waals surface area (Å²) in [5, 5.41) is 13.3. The molecule has 176 valence electrons. The van der Waals surface area contributed by atoms with Crippen LogP contribution in [0, 0.1) is 5.92 Å². The number of anilines is 1. The fraction of sp³-hybridized carbons (Fsp3) is 0.179. The fourth-order valence-electron chi connectivity index (χ4n) is 4.44. The predicted octanol–water partition coefficient (Wildman–Crippen LogP) is 5.34. The van der Waals surface area contributed by atoms with Gasteiger partial charge < -0.3 is 20.1 Å². The van der Waals surface area contributed by atoms with Crippen molar-refractivity contribution in [1.29, 1.82) is 0 Å². The van der Waals surface area contributed by atoms with Gasteiger partial charge in [-0.15, -0.1) is 0 Å². The maximum Gasteiger partial charge on any atom is 0.336 e. The summed E-state index contributed by atoms with van der Waals surface area (Å²) in [6.07, 6.45) is 0.778. The molecule has 7 nitrogen and oxygen atoms in total. The van der Waals surface area contributed by atoms with Crippen LogP contribution in [0.4, 0.5) is 5.69 Å². The lowest BCUT2D eigenvalue weighted by Crippen LogP contribution is -2.15. The zero-order valence-electron chi connectivity index (χ0n) is 19.1. The number of carboxylic acid groups (broad SMARTS) is 1. The number of fused-ring (bicyclic) bond motifs is 1. The third kappa shape index (κ3) is 4.80. The molecule has 35 heavy (non-hydrogen) atoms. The quantitative estimate of drug-likeness (QED) is 0.317. The lowest BCUT2D eigenvalue weighted by molar-refractivity contribution is -0.142. The predicted molar refractivity (Wildman–Crippen MR) is 132 cm³/mol. The van der Waals surface area contributed by atoms with Gasteiger partial charge in [-0.3, -0.25) is 9.59 Å². The number of hydrogen-bond acceptors (Lipinski definition) is 4. The highest BCUT2D eigenvalue weighted by Gasteiger charge is 2.43. The highest BCUT2D eigenvalue weighted by molar-refractivity contribution is 6.07. The molecule has 2 atom stereocenters. The van der Waals surface area contributed by atoms with Crippen LogP contribution in [0.15, 0.2) is 72.8 Å². The Morgan fingerprint density at radius 1 is 1.03 bits per heavy atom. The Hall–Kier alpha value is -4.39. The van der Waals surface area contributed by atoms with Gasteiger partial charge in [0.1, 0.15) is 6.61 Å². The topological polar surface area (TPSA) is 108 Å². The van der Waals surface area contributed by atoms with Gasteiger partial charge in [-0.1, -0.05) is 48.5 Å². The Labute approximate surface area is 201 Å². The van der Waals surface area contributed by atoms with Crippen LogP contribution in [0.5, 0.6) is 0 Å². The van der Waals surface area contributed by atoms with E-state index >= 15 is 0 Å². The minimum Gasteiger partial charge on any atom is -0.478 e. The highest BCUT2D eigenvalue weighted by Crippen LogP contribution is 2.48. The minimum absolute atomic E-state index is 0.103. The van der Waals surface area contributed by atoms with E-state index < -0.39 is 5.97 Å². The van der Waals surface area contributed by atoms with Crippen LogP contribution in [0.2, 0.25) is 0 Å². The van der Waals surface area contributed by atoms with Crippen molar-refractivity contribution >= 4 is 34.4 Å². The second kappa shape index (κ2) is 9.10. The molecule has 3 N–H and O–H groups in total. The normalized spacial score (nSPS) is 16.6. The highest BCUT2D eigenvalue weighted by atomic mass is 16.5. The number of benzene rings is 3. The first-order valence-electron chi connectivity index (χ1n) is 11.4. The maximum absolute atomic E-state index is 12.8. The molecule has 1 fully saturated rings. The monoisotopic (exact) mass is 468 g/mol. The van der Waals surface area contributed by atoms with Crippen molar-refractivity contribution in [2.75, 3.05) is 5.32 Å². The van der Waals surface area contributed by atoms with E-state index in [0.717, 1.165) is 28.8 Å². The largest absolute Gasteiger partial charge is 0.478 e. The van der Waals surface area contributed by atoms with Gasteiger partial charge in [0.05, 0.1) is 5.56 Å². The number of aromatic amines is 1. The Bertz CT molecular complexity index is 1440. The Balaban J connectivity index is 1.40. The van der Waals surface area contributed by atoms with Gasteiger partial charge in [0.2, 0.25) is 5.91 Å². The van der Waals surface area contributed by atoms with Crippen molar-refractivity contribution in [3.8, 4) is 11.3 Å².